The van der Waals surface area contributed by atoms with E-state index in [0.717, 1.165) is 37.2 Å². The molecule has 1 aromatic heterocycles. The number of fused-ring (bicyclic) bond motifs is 1. The zero-order valence-corrected chi connectivity index (χ0v) is 14.9. The van der Waals surface area contributed by atoms with Crippen LogP contribution in [0.1, 0.15) is 30.2 Å². The Balaban J connectivity index is 1.40. The minimum atomic E-state index is 0.0120. The molecule has 1 atom stereocenters. The second-order valence-electron chi connectivity index (χ2n) is 6.40. The average Bonchev–Trinajstić information content (AvgIpc) is 3.22. The molecule has 6 heteroatoms. The van der Waals surface area contributed by atoms with Gasteiger partial charge in [0.2, 0.25) is 5.91 Å². The van der Waals surface area contributed by atoms with E-state index in [1.165, 1.54) is 4.88 Å². The first kappa shape index (κ1) is 16.4. The third-order valence-electron chi connectivity index (χ3n) is 4.61. The summed E-state index contributed by atoms with van der Waals surface area (Å²) < 4.78 is 11.3. The molecule has 2 aliphatic heterocycles. The Bertz CT molecular complexity index is 732. The van der Waals surface area contributed by atoms with E-state index in [9.17, 15) is 4.79 Å². The lowest BCUT2D eigenvalue weighted by Gasteiger charge is -2.23. The lowest BCUT2D eigenvalue weighted by molar-refractivity contribution is -0.117. The van der Waals surface area contributed by atoms with Crippen molar-refractivity contribution < 1.29 is 14.3 Å². The van der Waals surface area contributed by atoms with Gasteiger partial charge >= 0.3 is 0 Å². The number of benzene rings is 1. The first-order valence-corrected chi connectivity index (χ1v) is 9.64. The summed E-state index contributed by atoms with van der Waals surface area (Å²) in [4.78, 5) is 16.1. The number of anilines is 1. The molecule has 0 aliphatic carbocycles. The van der Waals surface area contributed by atoms with Gasteiger partial charge in [-0.15, -0.1) is 11.3 Å². The van der Waals surface area contributed by atoms with Crippen LogP contribution in [0.3, 0.4) is 0 Å². The number of carbonyl (C=O) groups excluding carboxylic acids is 1. The normalized spacial score (nSPS) is 20.2. The van der Waals surface area contributed by atoms with Crippen LogP contribution in [0, 0.1) is 0 Å². The van der Waals surface area contributed by atoms with Crippen LogP contribution in [-0.2, 0) is 4.79 Å². The maximum Gasteiger partial charge on any atom is 0.238 e. The Labute approximate surface area is 151 Å². The standard InChI is InChI=1S/C19H22N2O3S/c22-19(13-21-8-1-4-15(21)18-5-2-11-25-18)20-14-6-7-16-17(12-14)24-10-3-9-23-16/h2,5-7,11-12,15H,1,3-4,8-10,13H2,(H,20,22). The summed E-state index contributed by atoms with van der Waals surface area (Å²) in [7, 11) is 0. The van der Waals surface area contributed by atoms with Gasteiger partial charge in [-0.05, 0) is 43.0 Å². The first-order valence-electron chi connectivity index (χ1n) is 8.76. The molecule has 0 saturated carbocycles. The average molecular weight is 358 g/mol. The SMILES string of the molecule is O=C(CN1CCCC1c1cccs1)Nc1ccc2c(c1)OCCCO2. The van der Waals surface area contributed by atoms with Gasteiger partial charge in [0.05, 0.1) is 19.8 Å². The first-order chi connectivity index (χ1) is 12.3. The van der Waals surface area contributed by atoms with Gasteiger partial charge in [-0.3, -0.25) is 9.69 Å². The molecule has 1 unspecified atom stereocenters. The smallest absolute Gasteiger partial charge is 0.238 e. The minimum Gasteiger partial charge on any atom is -0.490 e. The van der Waals surface area contributed by atoms with Gasteiger partial charge in [0.15, 0.2) is 11.5 Å². The van der Waals surface area contributed by atoms with Crippen molar-refractivity contribution in [2.24, 2.45) is 0 Å². The lowest BCUT2D eigenvalue weighted by atomic mass is 10.2. The molecule has 2 aromatic rings. The number of nitrogens with zero attached hydrogens (tertiary/aromatic N) is 1. The lowest BCUT2D eigenvalue weighted by Crippen LogP contribution is -2.32. The Morgan fingerprint density at radius 1 is 1.20 bits per heavy atom. The van der Waals surface area contributed by atoms with Crippen molar-refractivity contribution in [3.05, 3.63) is 40.6 Å². The van der Waals surface area contributed by atoms with Gasteiger partial charge in [-0.2, -0.15) is 0 Å². The second kappa shape index (κ2) is 7.45. The summed E-state index contributed by atoms with van der Waals surface area (Å²) in [5, 5.41) is 5.09. The van der Waals surface area contributed by atoms with Crippen LogP contribution < -0.4 is 14.8 Å². The third-order valence-corrected chi connectivity index (χ3v) is 5.59. The molecule has 1 N–H and O–H groups in total. The van der Waals surface area contributed by atoms with Gasteiger partial charge in [-0.1, -0.05) is 6.07 Å². The molecule has 1 fully saturated rings. The Morgan fingerprint density at radius 2 is 2.08 bits per heavy atom. The molecule has 0 spiro atoms. The molecule has 5 nitrogen and oxygen atoms in total. The molecule has 4 rings (SSSR count). The minimum absolute atomic E-state index is 0.0120. The zero-order chi connectivity index (χ0) is 17.1. The molecule has 132 valence electrons. The van der Waals surface area contributed by atoms with Crippen LogP contribution >= 0.6 is 11.3 Å². The number of amides is 1. The Kier molecular flexibility index (Phi) is 4.90. The van der Waals surface area contributed by atoms with Gasteiger partial charge in [-0.25, -0.2) is 0 Å². The van der Waals surface area contributed by atoms with E-state index in [0.29, 0.717) is 31.5 Å². The third kappa shape index (κ3) is 3.80. The fourth-order valence-electron chi connectivity index (χ4n) is 3.44. The highest BCUT2D eigenvalue weighted by Crippen LogP contribution is 2.35. The highest BCUT2D eigenvalue weighted by molar-refractivity contribution is 7.10. The largest absolute Gasteiger partial charge is 0.490 e. The maximum atomic E-state index is 12.5. The maximum absolute atomic E-state index is 12.5. The van der Waals surface area contributed by atoms with E-state index < -0.39 is 0 Å². The number of ether oxygens (including phenoxy) is 2. The van der Waals surface area contributed by atoms with Crippen molar-refractivity contribution in [2.45, 2.75) is 25.3 Å². The van der Waals surface area contributed by atoms with Crippen molar-refractivity contribution in [1.82, 2.24) is 4.90 Å². The summed E-state index contributed by atoms with van der Waals surface area (Å²) in [6.45, 7) is 2.69. The fraction of sp³-hybridized carbons (Fsp3) is 0.421. The number of nitrogens with one attached hydrogen (secondary N) is 1. The zero-order valence-electron chi connectivity index (χ0n) is 14.1. The second-order valence-corrected chi connectivity index (χ2v) is 7.38. The summed E-state index contributed by atoms with van der Waals surface area (Å²) in [5.41, 5.74) is 0.751. The van der Waals surface area contributed by atoms with Crippen LogP contribution in [0.25, 0.3) is 0 Å². The molecular weight excluding hydrogens is 336 g/mol. The monoisotopic (exact) mass is 358 g/mol. The Hall–Kier alpha value is -2.05. The van der Waals surface area contributed by atoms with E-state index in [1.807, 2.05) is 18.2 Å². The highest BCUT2D eigenvalue weighted by Gasteiger charge is 2.28. The number of thiophene rings is 1. The Morgan fingerprint density at radius 3 is 2.92 bits per heavy atom. The molecular formula is C19H22N2O3S. The van der Waals surface area contributed by atoms with E-state index in [1.54, 1.807) is 11.3 Å². The van der Waals surface area contributed by atoms with E-state index >= 15 is 0 Å². The van der Waals surface area contributed by atoms with Crippen LogP contribution in [-0.4, -0.2) is 37.1 Å². The fourth-order valence-corrected chi connectivity index (χ4v) is 4.34. The summed E-state index contributed by atoms with van der Waals surface area (Å²) in [5.74, 6) is 1.46. The van der Waals surface area contributed by atoms with Crippen LogP contribution in [0.5, 0.6) is 11.5 Å². The number of hydrogen-bond acceptors (Lipinski definition) is 5. The van der Waals surface area contributed by atoms with Gasteiger partial charge in [0.25, 0.3) is 0 Å². The van der Waals surface area contributed by atoms with Crippen LogP contribution in [0.15, 0.2) is 35.7 Å². The predicted octanol–water partition coefficient (Wildman–Crippen LogP) is 3.69. The van der Waals surface area contributed by atoms with Gasteiger partial charge in [0.1, 0.15) is 0 Å². The quantitative estimate of drug-likeness (QED) is 0.906. The molecule has 25 heavy (non-hydrogen) atoms. The van der Waals surface area contributed by atoms with Crippen molar-refractivity contribution in [3.63, 3.8) is 0 Å². The van der Waals surface area contributed by atoms with E-state index in [4.69, 9.17) is 9.47 Å². The van der Waals surface area contributed by atoms with Gasteiger partial charge in [0, 0.05) is 29.1 Å². The topological polar surface area (TPSA) is 50.8 Å². The van der Waals surface area contributed by atoms with Crippen molar-refractivity contribution >= 4 is 22.9 Å². The summed E-state index contributed by atoms with van der Waals surface area (Å²) >= 11 is 1.77. The molecule has 2 aliphatic rings. The predicted molar refractivity (Wildman–Crippen MR) is 98.5 cm³/mol. The molecule has 0 bridgehead atoms. The molecule has 3 heterocycles. The molecule has 1 amide bonds. The van der Waals surface area contributed by atoms with E-state index in [2.05, 4.69) is 27.7 Å². The molecule has 1 aromatic carbocycles. The number of likely N-dealkylation sites (tertiary alicyclic amines) is 1. The van der Waals surface area contributed by atoms with Crippen molar-refractivity contribution in [1.29, 1.82) is 0 Å². The summed E-state index contributed by atoms with van der Waals surface area (Å²) in [6.07, 6.45) is 3.13. The highest BCUT2D eigenvalue weighted by atomic mass is 32.1. The number of rotatable bonds is 4. The number of hydrogen-bond donors (Lipinski definition) is 1. The van der Waals surface area contributed by atoms with Crippen LogP contribution in [0.4, 0.5) is 5.69 Å². The van der Waals surface area contributed by atoms with E-state index in [-0.39, 0.29) is 5.91 Å². The van der Waals surface area contributed by atoms with Crippen molar-refractivity contribution in [3.8, 4) is 11.5 Å². The number of carbonyl (C=O) groups is 1. The molecule has 0 radical (unpaired) electrons. The van der Waals surface area contributed by atoms with Gasteiger partial charge < -0.3 is 14.8 Å². The van der Waals surface area contributed by atoms with Crippen LogP contribution in [0.2, 0.25) is 0 Å². The molecule has 1 saturated heterocycles. The summed E-state index contributed by atoms with van der Waals surface area (Å²) in [6, 6.07) is 10.2. The van der Waals surface area contributed by atoms with Crippen molar-refractivity contribution in [2.75, 3.05) is 31.6 Å².